The molecule has 0 bridgehead atoms. The minimum atomic E-state index is -1.08. The monoisotopic (exact) mass is 268 g/mol. The van der Waals surface area contributed by atoms with Crippen LogP contribution in [0.25, 0.3) is 0 Å². The van der Waals surface area contributed by atoms with Crippen LogP contribution in [0.3, 0.4) is 0 Å². The fourth-order valence-corrected chi connectivity index (χ4v) is 1.58. The number of hydrogen-bond donors (Lipinski definition) is 3. The van der Waals surface area contributed by atoms with Gasteiger partial charge in [0.15, 0.2) is 0 Å². The summed E-state index contributed by atoms with van der Waals surface area (Å²) >= 11 is 0. The van der Waals surface area contributed by atoms with Crippen LogP contribution in [0, 0.1) is 6.92 Å². The van der Waals surface area contributed by atoms with Gasteiger partial charge in [-0.1, -0.05) is 6.92 Å². The molecule has 0 spiro atoms. The van der Waals surface area contributed by atoms with Crippen molar-refractivity contribution in [2.75, 3.05) is 13.1 Å². The van der Waals surface area contributed by atoms with Crippen LogP contribution in [-0.2, 0) is 11.3 Å². The third kappa shape index (κ3) is 5.13. The lowest BCUT2D eigenvalue weighted by Gasteiger charge is -2.04. The van der Waals surface area contributed by atoms with Crippen LogP contribution < -0.4 is 10.6 Å². The standard InChI is InChI=1S/C13H20N2O4/c1-3-5-15-12(16)4-6-14-8-10-7-11(13(17)18)19-9(10)2/h7,14H,3-6,8H2,1-2H3,(H,15,16)(H,17,18). The quantitative estimate of drug-likeness (QED) is 0.618. The molecule has 0 aliphatic carbocycles. The van der Waals surface area contributed by atoms with Crippen LogP contribution in [0.4, 0.5) is 0 Å². The van der Waals surface area contributed by atoms with E-state index in [1.807, 2.05) is 6.92 Å². The second kappa shape index (κ2) is 7.58. The third-order valence-corrected chi connectivity index (χ3v) is 2.65. The molecule has 0 saturated heterocycles. The number of hydrogen-bond acceptors (Lipinski definition) is 4. The van der Waals surface area contributed by atoms with Gasteiger partial charge in [-0.05, 0) is 19.4 Å². The average Bonchev–Trinajstić information content (AvgIpc) is 2.74. The third-order valence-electron chi connectivity index (χ3n) is 2.65. The first-order chi connectivity index (χ1) is 9.04. The topological polar surface area (TPSA) is 91.6 Å². The van der Waals surface area contributed by atoms with E-state index in [1.54, 1.807) is 6.92 Å². The highest BCUT2D eigenvalue weighted by atomic mass is 16.4. The van der Waals surface area contributed by atoms with Crippen LogP contribution in [0.2, 0.25) is 0 Å². The molecule has 0 fully saturated rings. The summed E-state index contributed by atoms with van der Waals surface area (Å²) in [5.41, 5.74) is 0.798. The first-order valence-electron chi connectivity index (χ1n) is 6.34. The van der Waals surface area contributed by atoms with Gasteiger partial charge in [0, 0.05) is 31.6 Å². The molecule has 1 aromatic rings. The molecule has 6 heteroatoms. The highest BCUT2D eigenvalue weighted by Crippen LogP contribution is 2.14. The van der Waals surface area contributed by atoms with Crippen LogP contribution in [0.1, 0.15) is 41.6 Å². The molecule has 6 nitrogen and oxygen atoms in total. The van der Waals surface area contributed by atoms with E-state index in [0.717, 1.165) is 12.0 Å². The van der Waals surface area contributed by atoms with Crippen molar-refractivity contribution in [3.8, 4) is 0 Å². The number of carbonyl (C=O) groups excluding carboxylic acids is 1. The molecule has 3 N–H and O–H groups in total. The summed E-state index contributed by atoms with van der Waals surface area (Å²) in [7, 11) is 0. The molecule has 1 rings (SSSR count). The lowest BCUT2D eigenvalue weighted by atomic mass is 10.2. The van der Waals surface area contributed by atoms with Crippen LogP contribution in [-0.4, -0.2) is 30.1 Å². The Labute approximate surface area is 112 Å². The molecule has 0 atom stereocenters. The Bertz CT molecular complexity index is 440. The zero-order chi connectivity index (χ0) is 14.3. The number of furan rings is 1. The van der Waals surface area contributed by atoms with E-state index < -0.39 is 5.97 Å². The molecule has 1 aromatic heterocycles. The maximum Gasteiger partial charge on any atom is 0.371 e. The van der Waals surface area contributed by atoms with Gasteiger partial charge in [-0.3, -0.25) is 4.79 Å². The van der Waals surface area contributed by atoms with Crippen molar-refractivity contribution in [1.82, 2.24) is 10.6 Å². The van der Waals surface area contributed by atoms with E-state index in [1.165, 1.54) is 6.07 Å². The number of carboxylic acid groups (broad SMARTS) is 1. The highest BCUT2D eigenvalue weighted by molar-refractivity contribution is 5.84. The lowest BCUT2D eigenvalue weighted by Crippen LogP contribution is -2.28. The average molecular weight is 268 g/mol. The molecule has 1 amide bonds. The number of rotatable bonds is 8. The van der Waals surface area contributed by atoms with Gasteiger partial charge in [0.05, 0.1) is 0 Å². The number of aryl methyl sites for hydroxylation is 1. The molecular weight excluding hydrogens is 248 g/mol. The minimum Gasteiger partial charge on any atom is -0.475 e. The smallest absolute Gasteiger partial charge is 0.371 e. The zero-order valence-corrected chi connectivity index (χ0v) is 11.3. The van der Waals surface area contributed by atoms with Gasteiger partial charge in [-0.2, -0.15) is 0 Å². The van der Waals surface area contributed by atoms with Gasteiger partial charge in [-0.15, -0.1) is 0 Å². The first kappa shape index (κ1) is 15.2. The van der Waals surface area contributed by atoms with Gasteiger partial charge < -0.3 is 20.2 Å². The predicted octanol–water partition coefficient (Wildman–Crippen LogP) is 1.29. The van der Waals surface area contributed by atoms with Crippen molar-refractivity contribution in [2.45, 2.75) is 33.2 Å². The van der Waals surface area contributed by atoms with Crippen molar-refractivity contribution in [3.63, 3.8) is 0 Å². The summed E-state index contributed by atoms with van der Waals surface area (Å²) < 4.78 is 5.09. The molecular formula is C13H20N2O4. The van der Waals surface area contributed by atoms with E-state index in [0.29, 0.717) is 31.8 Å². The number of aromatic carboxylic acids is 1. The lowest BCUT2D eigenvalue weighted by molar-refractivity contribution is -0.120. The Morgan fingerprint density at radius 1 is 1.37 bits per heavy atom. The molecule has 106 valence electrons. The van der Waals surface area contributed by atoms with Crippen molar-refractivity contribution in [3.05, 3.63) is 23.2 Å². The summed E-state index contributed by atoms with van der Waals surface area (Å²) in [5, 5.41) is 14.7. The summed E-state index contributed by atoms with van der Waals surface area (Å²) in [6.45, 7) is 5.45. The van der Waals surface area contributed by atoms with Crippen LogP contribution >= 0.6 is 0 Å². The molecule has 0 unspecified atom stereocenters. The van der Waals surface area contributed by atoms with E-state index in [-0.39, 0.29) is 11.7 Å². The molecule has 0 aliphatic rings. The molecule has 1 heterocycles. The fraction of sp³-hybridized carbons (Fsp3) is 0.538. The Balaban J connectivity index is 2.29. The van der Waals surface area contributed by atoms with Crippen molar-refractivity contribution < 1.29 is 19.1 Å². The molecule has 0 radical (unpaired) electrons. The summed E-state index contributed by atoms with van der Waals surface area (Å²) in [5.74, 6) is -0.534. The van der Waals surface area contributed by atoms with Crippen molar-refractivity contribution in [2.24, 2.45) is 0 Å². The molecule has 0 aliphatic heterocycles. The first-order valence-corrected chi connectivity index (χ1v) is 6.34. The number of nitrogens with one attached hydrogen (secondary N) is 2. The maximum absolute atomic E-state index is 11.3. The number of amides is 1. The zero-order valence-electron chi connectivity index (χ0n) is 11.3. The largest absolute Gasteiger partial charge is 0.475 e. The van der Waals surface area contributed by atoms with Gasteiger partial charge >= 0.3 is 5.97 Å². The Hall–Kier alpha value is -1.82. The van der Waals surface area contributed by atoms with Crippen LogP contribution in [0.5, 0.6) is 0 Å². The highest BCUT2D eigenvalue weighted by Gasteiger charge is 2.12. The van der Waals surface area contributed by atoms with Crippen molar-refractivity contribution >= 4 is 11.9 Å². The molecule has 0 saturated carbocycles. The fourth-order valence-electron chi connectivity index (χ4n) is 1.58. The normalized spacial score (nSPS) is 10.4. The predicted molar refractivity (Wildman–Crippen MR) is 70.0 cm³/mol. The Kier molecular flexibility index (Phi) is 6.08. The van der Waals surface area contributed by atoms with E-state index in [4.69, 9.17) is 9.52 Å². The minimum absolute atomic E-state index is 0.0180. The molecule has 0 aromatic carbocycles. The van der Waals surface area contributed by atoms with Crippen LogP contribution in [0.15, 0.2) is 10.5 Å². The summed E-state index contributed by atoms with van der Waals surface area (Å²) in [6.07, 6.45) is 1.33. The van der Waals surface area contributed by atoms with Gasteiger partial charge in [0.1, 0.15) is 5.76 Å². The van der Waals surface area contributed by atoms with Gasteiger partial charge in [-0.25, -0.2) is 4.79 Å². The second-order valence-corrected chi connectivity index (χ2v) is 4.27. The van der Waals surface area contributed by atoms with Gasteiger partial charge in [0.2, 0.25) is 11.7 Å². The Morgan fingerprint density at radius 3 is 2.68 bits per heavy atom. The van der Waals surface area contributed by atoms with Gasteiger partial charge in [0.25, 0.3) is 0 Å². The van der Waals surface area contributed by atoms with Crippen molar-refractivity contribution in [1.29, 1.82) is 0 Å². The van der Waals surface area contributed by atoms with E-state index in [9.17, 15) is 9.59 Å². The Morgan fingerprint density at radius 2 is 2.11 bits per heavy atom. The SMILES string of the molecule is CCCNC(=O)CCNCc1cc(C(=O)O)oc1C. The number of carboxylic acids is 1. The second-order valence-electron chi connectivity index (χ2n) is 4.27. The molecule has 19 heavy (non-hydrogen) atoms. The number of carbonyl (C=O) groups is 2. The van der Waals surface area contributed by atoms with E-state index in [2.05, 4.69) is 10.6 Å². The summed E-state index contributed by atoms with van der Waals surface area (Å²) in [4.78, 5) is 22.0. The summed E-state index contributed by atoms with van der Waals surface area (Å²) in [6, 6.07) is 1.50. The van der Waals surface area contributed by atoms with E-state index >= 15 is 0 Å². The maximum atomic E-state index is 11.3.